The van der Waals surface area contributed by atoms with Gasteiger partial charge in [-0.25, -0.2) is 4.79 Å². The van der Waals surface area contributed by atoms with E-state index in [9.17, 15) is 4.79 Å². The third-order valence-electron chi connectivity index (χ3n) is 1.63. The molecule has 1 aliphatic heterocycles. The number of amides is 1. The standard InChI is InChI=1S/C4H7NO2.C3H5Br/c6-4(7)5-2-1-3-5;4-3-1-2-3/h1-3H2,(H,6,7);3H,1-2H2. The van der Waals surface area contributed by atoms with Crippen LogP contribution >= 0.6 is 15.9 Å². The predicted molar refractivity (Wildman–Crippen MR) is 46.2 cm³/mol. The third-order valence-corrected chi connectivity index (χ3v) is 2.55. The van der Waals surface area contributed by atoms with E-state index < -0.39 is 6.09 Å². The summed E-state index contributed by atoms with van der Waals surface area (Å²) in [6, 6.07) is 0. The summed E-state index contributed by atoms with van der Waals surface area (Å²) in [7, 11) is 0. The molecule has 1 saturated heterocycles. The van der Waals surface area contributed by atoms with E-state index in [0.717, 1.165) is 24.3 Å². The molecule has 2 rings (SSSR count). The molecule has 1 heterocycles. The maximum Gasteiger partial charge on any atom is 0.407 e. The molecule has 2 aliphatic rings. The van der Waals surface area contributed by atoms with Gasteiger partial charge in [-0.15, -0.1) is 0 Å². The first-order valence-corrected chi connectivity index (χ1v) is 4.73. The molecule has 3 nitrogen and oxygen atoms in total. The number of hydrogen-bond donors (Lipinski definition) is 1. The lowest BCUT2D eigenvalue weighted by molar-refractivity contribution is 0.118. The maximum atomic E-state index is 9.91. The third kappa shape index (κ3) is 3.60. The van der Waals surface area contributed by atoms with Crippen LogP contribution in [0.25, 0.3) is 0 Å². The number of likely N-dealkylation sites (tertiary alicyclic amines) is 1. The van der Waals surface area contributed by atoms with Gasteiger partial charge in [-0.2, -0.15) is 0 Å². The lowest BCUT2D eigenvalue weighted by Gasteiger charge is -2.27. The van der Waals surface area contributed by atoms with E-state index in [2.05, 4.69) is 15.9 Å². The van der Waals surface area contributed by atoms with Crippen molar-refractivity contribution in [1.82, 2.24) is 4.90 Å². The Morgan fingerprint density at radius 1 is 1.45 bits per heavy atom. The van der Waals surface area contributed by atoms with Crippen LogP contribution in [0.1, 0.15) is 19.3 Å². The molecule has 64 valence electrons. The van der Waals surface area contributed by atoms with Gasteiger partial charge in [0.15, 0.2) is 0 Å². The minimum absolute atomic E-state index is 0.731. The van der Waals surface area contributed by atoms with E-state index in [1.807, 2.05) is 0 Å². The summed E-state index contributed by atoms with van der Waals surface area (Å²) < 4.78 is 0. The van der Waals surface area contributed by atoms with Crippen LogP contribution < -0.4 is 0 Å². The lowest BCUT2D eigenvalue weighted by Crippen LogP contribution is -2.40. The summed E-state index contributed by atoms with van der Waals surface area (Å²) >= 11 is 3.38. The molecular formula is C7H12BrNO2. The number of nitrogens with zero attached hydrogens (tertiary/aromatic N) is 1. The van der Waals surface area contributed by atoms with Crippen LogP contribution in [0.15, 0.2) is 0 Å². The van der Waals surface area contributed by atoms with Crippen molar-refractivity contribution < 1.29 is 9.90 Å². The van der Waals surface area contributed by atoms with Gasteiger partial charge in [-0.3, -0.25) is 0 Å². The highest BCUT2D eigenvalue weighted by molar-refractivity contribution is 9.09. The molecule has 1 N–H and O–H groups in total. The van der Waals surface area contributed by atoms with Crippen molar-refractivity contribution in [3.63, 3.8) is 0 Å². The van der Waals surface area contributed by atoms with Crippen molar-refractivity contribution >= 4 is 22.0 Å². The number of halogens is 1. The van der Waals surface area contributed by atoms with Crippen LogP contribution in [-0.4, -0.2) is 34.0 Å². The van der Waals surface area contributed by atoms with Crippen LogP contribution in [0.4, 0.5) is 4.79 Å². The molecule has 1 saturated carbocycles. The van der Waals surface area contributed by atoms with Crippen LogP contribution in [-0.2, 0) is 0 Å². The second-order valence-electron chi connectivity index (χ2n) is 2.80. The van der Waals surface area contributed by atoms with Gasteiger partial charge in [0, 0.05) is 17.9 Å². The summed E-state index contributed by atoms with van der Waals surface area (Å²) in [5, 5.41) is 8.16. The molecule has 2 fully saturated rings. The summed E-state index contributed by atoms with van der Waals surface area (Å²) in [6.07, 6.45) is 3.05. The Hall–Kier alpha value is -0.250. The van der Waals surface area contributed by atoms with Crippen molar-refractivity contribution in [2.45, 2.75) is 24.1 Å². The van der Waals surface area contributed by atoms with Crippen LogP contribution in [0.2, 0.25) is 0 Å². The second kappa shape index (κ2) is 3.95. The van der Waals surface area contributed by atoms with Crippen molar-refractivity contribution in [1.29, 1.82) is 0 Å². The van der Waals surface area contributed by atoms with Gasteiger partial charge in [-0.05, 0) is 19.3 Å². The Labute approximate surface area is 74.5 Å². The topological polar surface area (TPSA) is 40.5 Å². The fourth-order valence-corrected chi connectivity index (χ4v) is 0.835. The molecule has 4 heteroatoms. The van der Waals surface area contributed by atoms with Crippen LogP contribution in [0, 0.1) is 0 Å². The first-order chi connectivity index (χ1) is 5.20. The molecule has 0 atom stereocenters. The Kier molecular flexibility index (Phi) is 3.17. The second-order valence-corrected chi connectivity index (χ2v) is 4.09. The van der Waals surface area contributed by atoms with Crippen molar-refractivity contribution in [2.24, 2.45) is 0 Å². The molecule has 0 aromatic heterocycles. The zero-order valence-corrected chi connectivity index (χ0v) is 7.88. The van der Waals surface area contributed by atoms with Crippen LogP contribution in [0.3, 0.4) is 0 Å². The summed E-state index contributed by atoms with van der Waals surface area (Å²) in [5.41, 5.74) is 0. The number of alkyl halides is 1. The average molecular weight is 222 g/mol. The van der Waals surface area contributed by atoms with Crippen LogP contribution in [0.5, 0.6) is 0 Å². The molecular weight excluding hydrogens is 210 g/mol. The van der Waals surface area contributed by atoms with Gasteiger partial charge in [-0.1, -0.05) is 15.9 Å². The highest BCUT2D eigenvalue weighted by atomic mass is 79.9. The number of rotatable bonds is 0. The fraction of sp³-hybridized carbons (Fsp3) is 0.857. The van der Waals surface area contributed by atoms with E-state index in [1.165, 1.54) is 17.7 Å². The molecule has 0 aromatic carbocycles. The van der Waals surface area contributed by atoms with E-state index in [4.69, 9.17) is 5.11 Å². The van der Waals surface area contributed by atoms with Gasteiger partial charge in [0.1, 0.15) is 0 Å². The quantitative estimate of drug-likeness (QED) is 0.636. The Morgan fingerprint density at radius 2 is 1.91 bits per heavy atom. The predicted octanol–water partition coefficient (Wildman–Crippen LogP) is 1.91. The number of hydrogen-bond acceptors (Lipinski definition) is 1. The molecule has 0 radical (unpaired) electrons. The molecule has 1 amide bonds. The van der Waals surface area contributed by atoms with Gasteiger partial charge < -0.3 is 10.0 Å². The summed E-state index contributed by atoms with van der Waals surface area (Å²) in [5.74, 6) is 0. The van der Waals surface area contributed by atoms with Gasteiger partial charge in [0.2, 0.25) is 0 Å². The molecule has 0 aromatic rings. The first kappa shape index (κ1) is 8.84. The molecule has 0 unspecified atom stereocenters. The van der Waals surface area contributed by atoms with Gasteiger partial charge in [0.05, 0.1) is 0 Å². The highest BCUT2D eigenvalue weighted by Crippen LogP contribution is 2.27. The molecule has 11 heavy (non-hydrogen) atoms. The normalized spacial score (nSPS) is 21.4. The van der Waals surface area contributed by atoms with E-state index in [0.29, 0.717) is 0 Å². The molecule has 1 aliphatic carbocycles. The Bertz CT molecular complexity index is 143. The Balaban J connectivity index is 0.000000128. The van der Waals surface area contributed by atoms with Gasteiger partial charge >= 0.3 is 6.09 Å². The number of carbonyl (C=O) groups is 1. The molecule has 0 spiro atoms. The van der Waals surface area contributed by atoms with Crippen molar-refractivity contribution in [3.8, 4) is 0 Å². The Morgan fingerprint density at radius 3 is 1.91 bits per heavy atom. The molecule has 0 bridgehead atoms. The van der Waals surface area contributed by atoms with Gasteiger partial charge in [0.25, 0.3) is 0 Å². The minimum atomic E-state index is -0.786. The largest absolute Gasteiger partial charge is 0.465 e. The maximum absolute atomic E-state index is 9.91. The lowest BCUT2D eigenvalue weighted by atomic mass is 10.2. The van der Waals surface area contributed by atoms with Crippen molar-refractivity contribution in [2.75, 3.05) is 13.1 Å². The zero-order chi connectivity index (χ0) is 8.27. The smallest absolute Gasteiger partial charge is 0.407 e. The van der Waals surface area contributed by atoms with Crippen molar-refractivity contribution in [3.05, 3.63) is 0 Å². The average Bonchev–Trinajstić information content (AvgIpc) is 2.45. The fourth-order valence-electron chi connectivity index (χ4n) is 0.571. The minimum Gasteiger partial charge on any atom is -0.465 e. The monoisotopic (exact) mass is 221 g/mol. The zero-order valence-electron chi connectivity index (χ0n) is 6.29. The number of carboxylic acid groups (broad SMARTS) is 1. The first-order valence-electron chi connectivity index (χ1n) is 3.82. The highest BCUT2D eigenvalue weighted by Gasteiger charge is 2.17. The van der Waals surface area contributed by atoms with E-state index in [1.54, 1.807) is 0 Å². The summed E-state index contributed by atoms with van der Waals surface area (Å²) in [4.78, 5) is 12.2. The SMILES string of the molecule is BrC1CC1.O=C(O)N1CCC1. The van der Waals surface area contributed by atoms with E-state index >= 15 is 0 Å². The van der Waals surface area contributed by atoms with E-state index in [-0.39, 0.29) is 0 Å². The summed E-state index contributed by atoms with van der Waals surface area (Å²) in [6.45, 7) is 1.46.